The molecular weight excluding hydrogens is 294 g/mol. The van der Waals surface area contributed by atoms with E-state index in [4.69, 9.17) is 5.11 Å². The predicted octanol–water partition coefficient (Wildman–Crippen LogP) is 1.34. The van der Waals surface area contributed by atoms with Crippen molar-refractivity contribution in [2.24, 2.45) is 0 Å². The lowest BCUT2D eigenvalue weighted by Crippen LogP contribution is -2.40. The highest BCUT2D eigenvalue weighted by Crippen LogP contribution is 2.27. The van der Waals surface area contributed by atoms with Crippen molar-refractivity contribution < 1.29 is 18.3 Å². The summed E-state index contributed by atoms with van der Waals surface area (Å²) in [5.74, 6) is -0.420. The number of H-pyrrole nitrogens is 1. The number of aromatic amines is 1. The van der Waals surface area contributed by atoms with E-state index in [0.717, 1.165) is 12.8 Å². The topological polar surface area (TPSA) is 103 Å². The van der Waals surface area contributed by atoms with E-state index in [2.05, 4.69) is 9.97 Å². The van der Waals surface area contributed by atoms with Gasteiger partial charge in [-0.3, -0.25) is 0 Å². The molecule has 1 saturated heterocycles. The summed E-state index contributed by atoms with van der Waals surface area (Å²) in [7, 11) is -3.22. The molecule has 1 aliphatic rings. The Morgan fingerprint density at radius 1 is 1.52 bits per heavy atom. The van der Waals surface area contributed by atoms with Crippen LogP contribution in [0.4, 0.5) is 0 Å². The second-order valence-electron chi connectivity index (χ2n) is 5.41. The fourth-order valence-corrected chi connectivity index (χ4v) is 4.28. The van der Waals surface area contributed by atoms with Crippen molar-refractivity contribution in [2.75, 3.05) is 18.8 Å². The van der Waals surface area contributed by atoms with Gasteiger partial charge in [-0.25, -0.2) is 22.5 Å². The predicted molar refractivity (Wildman–Crippen MR) is 77.9 cm³/mol. The van der Waals surface area contributed by atoms with E-state index in [1.807, 2.05) is 6.92 Å². The Hall–Kier alpha value is -1.41. The number of nitrogens with one attached hydrogen (secondary N) is 1. The molecule has 1 aromatic rings. The van der Waals surface area contributed by atoms with Gasteiger partial charge in [0.1, 0.15) is 5.82 Å². The molecule has 2 N–H and O–H groups in total. The molecule has 0 saturated carbocycles. The number of carbonyl (C=O) groups is 1. The first kappa shape index (κ1) is 16.0. The van der Waals surface area contributed by atoms with E-state index < -0.39 is 16.0 Å². The molecule has 2 heterocycles. The Labute approximate surface area is 124 Å². The number of nitrogens with zero attached hydrogens (tertiary/aromatic N) is 2. The van der Waals surface area contributed by atoms with Gasteiger partial charge in [-0.05, 0) is 26.2 Å². The number of carboxylic acids is 1. The molecule has 0 bridgehead atoms. The van der Waals surface area contributed by atoms with Crippen molar-refractivity contribution in [3.8, 4) is 0 Å². The Kier molecular flexibility index (Phi) is 4.67. The standard InChI is InChI=1S/C13H21N3O4S/c1-3-7-21(19,20)16-6-4-5-10(8-16)12-14-9(2)11(15-12)13(17)18/h10H,3-8H2,1-2H3,(H,14,15)(H,17,18). The maximum Gasteiger partial charge on any atom is 0.356 e. The van der Waals surface area contributed by atoms with E-state index in [0.29, 0.717) is 31.0 Å². The number of aryl methyl sites for hydroxylation is 1. The molecule has 0 radical (unpaired) electrons. The normalized spacial score (nSPS) is 20.6. The average molecular weight is 315 g/mol. The molecule has 7 nitrogen and oxygen atoms in total. The van der Waals surface area contributed by atoms with Gasteiger partial charge in [-0.1, -0.05) is 6.92 Å². The molecule has 8 heteroatoms. The number of aromatic carboxylic acids is 1. The van der Waals surface area contributed by atoms with Crippen LogP contribution in [0, 0.1) is 6.92 Å². The van der Waals surface area contributed by atoms with E-state index in [1.54, 1.807) is 6.92 Å². The minimum absolute atomic E-state index is 0.0125. The minimum atomic E-state index is -3.22. The fraction of sp³-hybridized carbons (Fsp3) is 0.692. The molecule has 0 spiro atoms. The highest BCUT2D eigenvalue weighted by Gasteiger charge is 2.31. The van der Waals surface area contributed by atoms with Crippen LogP contribution < -0.4 is 0 Å². The van der Waals surface area contributed by atoms with Crippen LogP contribution in [0.1, 0.15) is 54.1 Å². The first-order valence-corrected chi connectivity index (χ1v) is 8.73. The summed E-state index contributed by atoms with van der Waals surface area (Å²) >= 11 is 0. The largest absolute Gasteiger partial charge is 0.476 e. The number of carboxylic acid groups (broad SMARTS) is 1. The number of sulfonamides is 1. The van der Waals surface area contributed by atoms with Gasteiger partial charge in [0.05, 0.1) is 5.75 Å². The summed E-state index contributed by atoms with van der Waals surface area (Å²) in [6.07, 6.45) is 2.16. The molecule has 1 unspecified atom stereocenters. The molecule has 1 atom stereocenters. The summed E-state index contributed by atoms with van der Waals surface area (Å²) < 4.78 is 25.8. The summed E-state index contributed by atoms with van der Waals surface area (Å²) in [6, 6.07) is 0. The van der Waals surface area contributed by atoms with Crippen molar-refractivity contribution in [3.05, 3.63) is 17.2 Å². The monoisotopic (exact) mass is 315 g/mol. The Morgan fingerprint density at radius 2 is 2.24 bits per heavy atom. The number of aromatic nitrogens is 2. The molecule has 0 aliphatic carbocycles. The Bertz CT molecular complexity index is 623. The highest BCUT2D eigenvalue weighted by atomic mass is 32.2. The van der Waals surface area contributed by atoms with Crippen LogP contribution in [0.5, 0.6) is 0 Å². The second kappa shape index (κ2) is 6.15. The van der Waals surface area contributed by atoms with Crippen LogP contribution in [0.25, 0.3) is 0 Å². The third kappa shape index (κ3) is 3.44. The van der Waals surface area contributed by atoms with E-state index in [9.17, 15) is 13.2 Å². The molecule has 1 aromatic heterocycles. The smallest absolute Gasteiger partial charge is 0.356 e. The molecule has 118 valence electrons. The number of rotatable bonds is 5. The third-order valence-electron chi connectivity index (χ3n) is 3.73. The van der Waals surface area contributed by atoms with Crippen molar-refractivity contribution in [1.29, 1.82) is 0 Å². The van der Waals surface area contributed by atoms with Gasteiger partial charge >= 0.3 is 5.97 Å². The van der Waals surface area contributed by atoms with Gasteiger partial charge in [0, 0.05) is 24.7 Å². The van der Waals surface area contributed by atoms with Crippen LogP contribution in [-0.4, -0.2) is 52.6 Å². The van der Waals surface area contributed by atoms with Crippen LogP contribution in [-0.2, 0) is 10.0 Å². The number of hydrogen-bond acceptors (Lipinski definition) is 4. The first-order chi connectivity index (χ1) is 9.85. The van der Waals surface area contributed by atoms with E-state index >= 15 is 0 Å². The maximum absolute atomic E-state index is 12.1. The summed E-state index contributed by atoms with van der Waals surface area (Å²) in [5, 5.41) is 9.04. The van der Waals surface area contributed by atoms with Gasteiger partial charge in [0.2, 0.25) is 10.0 Å². The molecule has 2 rings (SSSR count). The summed E-state index contributed by atoms with van der Waals surface area (Å²) in [5.41, 5.74) is 0.518. The first-order valence-electron chi connectivity index (χ1n) is 7.12. The Balaban J connectivity index is 2.18. The van der Waals surface area contributed by atoms with Crippen molar-refractivity contribution in [3.63, 3.8) is 0 Å². The SMILES string of the molecule is CCCS(=O)(=O)N1CCCC(c2nc(C(=O)O)c(C)[nH]2)C1. The number of imidazole rings is 1. The van der Waals surface area contributed by atoms with Gasteiger partial charge in [0.25, 0.3) is 0 Å². The van der Waals surface area contributed by atoms with Gasteiger partial charge in [-0.2, -0.15) is 0 Å². The van der Waals surface area contributed by atoms with Crippen LogP contribution in [0.2, 0.25) is 0 Å². The quantitative estimate of drug-likeness (QED) is 0.853. The molecule has 0 aromatic carbocycles. The van der Waals surface area contributed by atoms with Gasteiger partial charge in [-0.15, -0.1) is 0 Å². The summed E-state index contributed by atoms with van der Waals surface area (Å²) in [6.45, 7) is 4.40. The lowest BCUT2D eigenvalue weighted by atomic mass is 9.99. The second-order valence-corrected chi connectivity index (χ2v) is 7.50. The molecular formula is C13H21N3O4S. The Morgan fingerprint density at radius 3 is 2.81 bits per heavy atom. The molecule has 0 amide bonds. The van der Waals surface area contributed by atoms with E-state index in [1.165, 1.54) is 4.31 Å². The molecule has 1 aliphatic heterocycles. The lowest BCUT2D eigenvalue weighted by molar-refractivity contribution is 0.0690. The lowest BCUT2D eigenvalue weighted by Gasteiger charge is -2.30. The highest BCUT2D eigenvalue weighted by molar-refractivity contribution is 7.89. The van der Waals surface area contributed by atoms with Gasteiger partial charge < -0.3 is 10.1 Å². The van der Waals surface area contributed by atoms with Crippen molar-refractivity contribution in [1.82, 2.24) is 14.3 Å². The zero-order valence-electron chi connectivity index (χ0n) is 12.3. The zero-order chi connectivity index (χ0) is 15.6. The van der Waals surface area contributed by atoms with E-state index in [-0.39, 0.29) is 17.4 Å². The number of piperidine rings is 1. The maximum atomic E-state index is 12.1. The van der Waals surface area contributed by atoms with Crippen LogP contribution >= 0.6 is 0 Å². The third-order valence-corrected chi connectivity index (χ3v) is 5.77. The van der Waals surface area contributed by atoms with Gasteiger partial charge in [0.15, 0.2) is 5.69 Å². The minimum Gasteiger partial charge on any atom is -0.476 e. The van der Waals surface area contributed by atoms with Crippen LogP contribution in [0.3, 0.4) is 0 Å². The molecule has 21 heavy (non-hydrogen) atoms. The van der Waals surface area contributed by atoms with Crippen LogP contribution in [0.15, 0.2) is 0 Å². The van der Waals surface area contributed by atoms with Crippen molar-refractivity contribution in [2.45, 2.75) is 39.0 Å². The molecule has 1 fully saturated rings. The fourth-order valence-electron chi connectivity index (χ4n) is 2.69. The average Bonchev–Trinajstić information content (AvgIpc) is 2.81. The summed E-state index contributed by atoms with van der Waals surface area (Å²) in [4.78, 5) is 18.1. The number of hydrogen-bond donors (Lipinski definition) is 2. The van der Waals surface area contributed by atoms with Crippen molar-refractivity contribution >= 4 is 16.0 Å². The zero-order valence-corrected chi connectivity index (χ0v) is 13.1.